The van der Waals surface area contributed by atoms with Gasteiger partial charge in [-0.1, -0.05) is 18.6 Å². The number of nitrogens with one attached hydrogen (secondary N) is 1. The van der Waals surface area contributed by atoms with Crippen molar-refractivity contribution in [1.29, 1.82) is 0 Å². The van der Waals surface area contributed by atoms with Crippen LogP contribution in [0.25, 0.3) is 10.2 Å². The van der Waals surface area contributed by atoms with Gasteiger partial charge in [-0.05, 0) is 31.0 Å². The third-order valence-corrected chi connectivity index (χ3v) is 4.55. The highest BCUT2D eigenvalue weighted by Crippen LogP contribution is 2.32. The van der Waals surface area contributed by atoms with Gasteiger partial charge in [-0.2, -0.15) is 0 Å². The lowest BCUT2D eigenvalue weighted by Crippen LogP contribution is -2.26. The number of hydrogen-bond acceptors (Lipinski definition) is 4. The van der Waals surface area contributed by atoms with Crippen molar-refractivity contribution in [3.05, 3.63) is 28.8 Å². The van der Waals surface area contributed by atoms with Gasteiger partial charge in [0.15, 0.2) is 0 Å². The van der Waals surface area contributed by atoms with Crippen molar-refractivity contribution in [2.45, 2.75) is 31.9 Å². The van der Waals surface area contributed by atoms with Crippen molar-refractivity contribution >= 4 is 21.6 Å². The molecule has 90 valence electrons. The highest BCUT2D eigenvalue weighted by molar-refractivity contribution is 7.18. The molecule has 3 rings (SSSR count). The molecule has 1 atom stereocenters. The number of nitrogens with zero attached hydrogens (tertiary/aromatic N) is 1. The Labute approximate surface area is 105 Å². The Balaban J connectivity index is 2.00. The molecule has 0 aliphatic carbocycles. The zero-order valence-corrected chi connectivity index (χ0v) is 10.5. The maximum absolute atomic E-state index is 9.32. The standard InChI is InChI=1S/C13H16N2OS/c16-8-9-4-3-6-10-12(9)17-13(15-10)11-5-1-2-7-14-11/h3-4,6,11,14,16H,1-2,5,7-8H2. The van der Waals surface area contributed by atoms with Crippen LogP contribution >= 0.6 is 11.3 Å². The first-order valence-electron chi connectivity index (χ1n) is 6.11. The summed E-state index contributed by atoms with van der Waals surface area (Å²) in [5.74, 6) is 0. The maximum atomic E-state index is 9.32. The molecule has 1 aliphatic heterocycles. The van der Waals surface area contributed by atoms with Crippen LogP contribution in [0.1, 0.15) is 35.9 Å². The van der Waals surface area contributed by atoms with Crippen LogP contribution in [0, 0.1) is 0 Å². The van der Waals surface area contributed by atoms with Crippen LogP contribution < -0.4 is 5.32 Å². The Bertz CT molecular complexity index is 517. The predicted octanol–water partition coefficient (Wildman–Crippen LogP) is 2.60. The van der Waals surface area contributed by atoms with Crippen LogP contribution in [0.5, 0.6) is 0 Å². The van der Waals surface area contributed by atoms with Crippen LogP contribution in [-0.2, 0) is 6.61 Å². The quantitative estimate of drug-likeness (QED) is 0.858. The van der Waals surface area contributed by atoms with Gasteiger partial charge >= 0.3 is 0 Å². The highest BCUT2D eigenvalue weighted by atomic mass is 32.1. The van der Waals surface area contributed by atoms with Crippen molar-refractivity contribution in [3.63, 3.8) is 0 Å². The summed E-state index contributed by atoms with van der Waals surface area (Å²) in [7, 11) is 0. The lowest BCUT2D eigenvalue weighted by Gasteiger charge is -2.20. The molecule has 0 spiro atoms. The van der Waals surface area contributed by atoms with E-state index in [-0.39, 0.29) is 6.61 Å². The molecule has 17 heavy (non-hydrogen) atoms. The smallest absolute Gasteiger partial charge is 0.111 e. The largest absolute Gasteiger partial charge is 0.392 e. The molecule has 4 heteroatoms. The van der Waals surface area contributed by atoms with E-state index in [0.29, 0.717) is 6.04 Å². The molecule has 1 aliphatic rings. The number of benzene rings is 1. The van der Waals surface area contributed by atoms with E-state index in [1.807, 2.05) is 18.2 Å². The molecule has 1 aromatic heterocycles. The van der Waals surface area contributed by atoms with Crippen LogP contribution in [0.4, 0.5) is 0 Å². The fourth-order valence-corrected chi connectivity index (χ4v) is 3.54. The van der Waals surface area contributed by atoms with Crippen LogP contribution in [0.3, 0.4) is 0 Å². The summed E-state index contributed by atoms with van der Waals surface area (Å²) in [5, 5.41) is 14.0. The lowest BCUT2D eigenvalue weighted by molar-refractivity contribution is 0.283. The van der Waals surface area contributed by atoms with Gasteiger partial charge in [0.1, 0.15) is 5.01 Å². The third kappa shape index (κ3) is 2.08. The molecule has 1 unspecified atom stereocenters. The lowest BCUT2D eigenvalue weighted by atomic mass is 10.1. The molecule has 2 heterocycles. The van der Waals surface area contributed by atoms with Gasteiger partial charge in [-0.15, -0.1) is 11.3 Å². The number of aromatic nitrogens is 1. The first kappa shape index (κ1) is 11.1. The molecule has 0 bridgehead atoms. The van der Waals surface area contributed by atoms with Crippen LogP contribution in [0.2, 0.25) is 0 Å². The average molecular weight is 248 g/mol. The van der Waals surface area contributed by atoms with E-state index >= 15 is 0 Å². The molecule has 2 N–H and O–H groups in total. The summed E-state index contributed by atoms with van der Waals surface area (Å²) in [5.41, 5.74) is 2.01. The fourth-order valence-electron chi connectivity index (χ4n) is 2.36. The van der Waals surface area contributed by atoms with Crippen LogP contribution in [0.15, 0.2) is 18.2 Å². The second-order valence-electron chi connectivity index (χ2n) is 4.48. The number of rotatable bonds is 2. The minimum absolute atomic E-state index is 0.0943. The second-order valence-corrected chi connectivity index (χ2v) is 5.51. The zero-order valence-electron chi connectivity index (χ0n) is 9.65. The number of thiazole rings is 1. The Morgan fingerprint density at radius 2 is 2.35 bits per heavy atom. The van der Waals surface area contributed by atoms with E-state index in [1.54, 1.807) is 11.3 Å². The van der Waals surface area contributed by atoms with Crippen molar-refractivity contribution in [3.8, 4) is 0 Å². The topological polar surface area (TPSA) is 45.2 Å². The molecule has 3 nitrogen and oxygen atoms in total. The molecule has 1 aromatic carbocycles. The molecule has 0 saturated carbocycles. The SMILES string of the molecule is OCc1cccc2nc(C3CCCCN3)sc12. The van der Waals surface area contributed by atoms with Crippen molar-refractivity contribution in [1.82, 2.24) is 10.3 Å². The predicted molar refractivity (Wildman–Crippen MR) is 70.1 cm³/mol. The average Bonchev–Trinajstić information content (AvgIpc) is 2.83. The molecule has 0 radical (unpaired) electrons. The number of hydrogen-bond donors (Lipinski definition) is 2. The summed E-state index contributed by atoms with van der Waals surface area (Å²) in [6.07, 6.45) is 3.72. The van der Waals surface area contributed by atoms with E-state index in [0.717, 1.165) is 22.3 Å². The van der Waals surface area contributed by atoms with Gasteiger partial charge in [0.25, 0.3) is 0 Å². The van der Waals surface area contributed by atoms with Crippen molar-refractivity contribution < 1.29 is 5.11 Å². The van der Waals surface area contributed by atoms with E-state index in [1.165, 1.54) is 24.3 Å². The van der Waals surface area contributed by atoms with E-state index in [2.05, 4.69) is 10.3 Å². The van der Waals surface area contributed by atoms with Crippen LogP contribution in [-0.4, -0.2) is 16.6 Å². The minimum Gasteiger partial charge on any atom is -0.392 e. The second kappa shape index (κ2) is 4.72. The Morgan fingerprint density at radius 3 is 3.12 bits per heavy atom. The van der Waals surface area contributed by atoms with E-state index in [4.69, 9.17) is 0 Å². The van der Waals surface area contributed by atoms with Crippen molar-refractivity contribution in [2.75, 3.05) is 6.54 Å². The zero-order chi connectivity index (χ0) is 11.7. The number of aliphatic hydroxyl groups excluding tert-OH is 1. The third-order valence-electron chi connectivity index (χ3n) is 3.29. The first-order chi connectivity index (χ1) is 8.38. The normalized spacial score (nSPS) is 20.9. The van der Waals surface area contributed by atoms with E-state index < -0.39 is 0 Å². The molecule has 1 fully saturated rings. The Hall–Kier alpha value is -0.970. The summed E-state index contributed by atoms with van der Waals surface area (Å²) < 4.78 is 1.14. The number of aliphatic hydroxyl groups is 1. The van der Waals surface area contributed by atoms with Gasteiger partial charge in [0.05, 0.1) is 22.9 Å². The maximum Gasteiger partial charge on any atom is 0.111 e. The summed E-state index contributed by atoms with van der Waals surface area (Å²) in [6, 6.07) is 6.37. The van der Waals surface area contributed by atoms with Gasteiger partial charge in [-0.3, -0.25) is 0 Å². The van der Waals surface area contributed by atoms with E-state index in [9.17, 15) is 5.11 Å². The Morgan fingerprint density at radius 1 is 1.41 bits per heavy atom. The summed E-state index contributed by atoms with van der Waals surface area (Å²) in [6.45, 7) is 1.19. The highest BCUT2D eigenvalue weighted by Gasteiger charge is 2.19. The Kier molecular flexibility index (Phi) is 3.09. The number of fused-ring (bicyclic) bond motifs is 1. The summed E-state index contributed by atoms with van der Waals surface area (Å²) in [4.78, 5) is 4.69. The number of piperidine rings is 1. The molecule has 2 aromatic rings. The summed E-state index contributed by atoms with van der Waals surface area (Å²) >= 11 is 1.72. The van der Waals surface area contributed by atoms with Gasteiger partial charge in [0.2, 0.25) is 0 Å². The molecule has 1 saturated heterocycles. The fraction of sp³-hybridized carbons (Fsp3) is 0.462. The molecule has 0 amide bonds. The molecular weight excluding hydrogens is 232 g/mol. The first-order valence-corrected chi connectivity index (χ1v) is 6.92. The van der Waals surface area contributed by atoms with Crippen molar-refractivity contribution in [2.24, 2.45) is 0 Å². The van der Waals surface area contributed by atoms with Gasteiger partial charge in [-0.25, -0.2) is 4.98 Å². The van der Waals surface area contributed by atoms with Gasteiger partial charge in [0, 0.05) is 0 Å². The monoisotopic (exact) mass is 248 g/mol. The van der Waals surface area contributed by atoms with Gasteiger partial charge < -0.3 is 10.4 Å². The minimum atomic E-state index is 0.0943. The molecular formula is C13H16N2OS.